The van der Waals surface area contributed by atoms with Crippen LogP contribution in [0.4, 0.5) is 5.69 Å². The summed E-state index contributed by atoms with van der Waals surface area (Å²) in [6.45, 7) is 0. The van der Waals surface area contributed by atoms with Gasteiger partial charge in [-0.25, -0.2) is 4.98 Å². The van der Waals surface area contributed by atoms with Crippen LogP contribution in [-0.2, 0) is 24.1 Å². The zero-order chi connectivity index (χ0) is 16.9. The predicted molar refractivity (Wildman–Crippen MR) is 95.3 cm³/mol. The Morgan fingerprint density at radius 2 is 2.00 bits per heavy atom. The first-order valence-corrected chi connectivity index (χ1v) is 9.00. The van der Waals surface area contributed by atoms with E-state index in [-0.39, 0.29) is 5.91 Å². The van der Waals surface area contributed by atoms with E-state index >= 15 is 0 Å². The van der Waals surface area contributed by atoms with E-state index in [1.165, 1.54) is 23.4 Å². The first-order valence-electron chi connectivity index (χ1n) is 8.19. The van der Waals surface area contributed by atoms with Crippen molar-refractivity contribution >= 4 is 22.9 Å². The molecular formula is C18H22N2O3S. The van der Waals surface area contributed by atoms with Gasteiger partial charge in [0.2, 0.25) is 5.91 Å². The van der Waals surface area contributed by atoms with Crippen LogP contribution in [0.3, 0.4) is 0 Å². The van der Waals surface area contributed by atoms with Crippen molar-refractivity contribution in [2.45, 2.75) is 38.5 Å². The molecule has 128 valence electrons. The zero-order valence-corrected chi connectivity index (χ0v) is 14.9. The number of carbonyl (C=O) groups is 1. The number of nitrogens with zero attached hydrogens (tertiary/aromatic N) is 1. The number of fused-ring (bicyclic) bond motifs is 1. The van der Waals surface area contributed by atoms with Gasteiger partial charge in [-0.05, 0) is 37.8 Å². The number of benzene rings is 1. The van der Waals surface area contributed by atoms with Crippen molar-refractivity contribution in [3.63, 3.8) is 0 Å². The predicted octanol–water partition coefficient (Wildman–Crippen LogP) is 3.61. The van der Waals surface area contributed by atoms with Crippen LogP contribution >= 0.6 is 11.3 Å². The number of hydrogen-bond donors (Lipinski definition) is 1. The Morgan fingerprint density at radius 3 is 2.75 bits per heavy atom. The second-order valence-electron chi connectivity index (χ2n) is 5.80. The molecule has 1 aliphatic rings. The summed E-state index contributed by atoms with van der Waals surface area (Å²) in [5.41, 5.74) is 1.96. The molecular weight excluding hydrogens is 324 g/mol. The standard InChI is InChI=1S/C18H22N2O3S/c1-22-14-8-7-12(11-15(14)23-2)19-17(21)9-10-18-20-13-5-3-4-6-16(13)24-18/h7-8,11H,3-6,9-10H2,1-2H3,(H,19,21). The molecule has 1 aromatic heterocycles. The van der Waals surface area contributed by atoms with Gasteiger partial charge in [0.05, 0.1) is 24.9 Å². The second kappa shape index (κ2) is 7.66. The summed E-state index contributed by atoms with van der Waals surface area (Å²) < 4.78 is 10.4. The molecule has 1 heterocycles. The zero-order valence-electron chi connectivity index (χ0n) is 14.1. The van der Waals surface area contributed by atoms with Crippen molar-refractivity contribution in [3.8, 4) is 11.5 Å². The molecule has 3 rings (SSSR count). The van der Waals surface area contributed by atoms with Gasteiger partial charge in [-0.2, -0.15) is 0 Å². The van der Waals surface area contributed by atoms with Crippen LogP contribution in [0.25, 0.3) is 0 Å². The topological polar surface area (TPSA) is 60.5 Å². The number of amides is 1. The molecule has 0 unspecified atom stereocenters. The van der Waals surface area contributed by atoms with Crippen LogP contribution in [0, 0.1) is 0 Å². The van der Waals surface area contributed by atoms with Crippen molar-refractivity contribution in [2.75, 3.05) is 19.5 Å². The van der Waals surface area contributed by atoms with Gasteiger partial charge >= 0.3 is 0 Å². The third kappa shape index (κ3) is 3.87. The maximum Gasteiger partial charge on any atom is 0.224 e. The molecule has 0 fully saturated rings. The smallest absolute Gasteiger partial charge is 0.224 e. The number of thiazole rings is 1. The fourth-order valence-electron chi connectivity index (χ4n) is 2.87. The molecule has 6 heteroatoms. The van der Waals surface area contributed by atoms with Crippen LogP contribution in [0.1, 0.15) is 34.8 Å². The number of carbonyl (C=O) groups excluding carboxylic acids is 1. The number of aryl methyl sites for hydroxylation is 3. The van der Waals surface area contributed by atoms with E-state index in [0.717, 1.165) is 17.8 Å². The number of ether oxygens (including phenoxy) is 2. The molecule has 1 amide bonds. The van der Waals surface area contributed by atoms with Gasteiger partial charge in [0.25, 0.3) is 0 Å². The number of methoxy groups -OCH3 is 2. The minimum absolute atomic E-state index is 0.0182. The van der Waals surface area contributed by atoms with Crippen LogP contribution < -0.4 is 14.8 Å². The molecule has 24 heavy (non-hydrogen) atoms. The molecule has 0 atom stereocenters. The summed E-state index contributed by atoms with van der Waals surface area (Å²) >= 11 is 1.77. The summed E-state index contributed by atoms with van der Waals surface area (Å²) in [6.07, 6.45) is 5.84. The lowest BCUT2D eigenvalue weighted by atomic mass is 10.0. The Balaban J connectivity index is 1.56. The van der Waals surface area contributed by atoms with Gasteiger partial charge in [0.1, 0.15) is 0 Å². The van der Waals surface area contributed by atoms with Gasteiger partial charge in [-0.1, -0.05) is 0 Å². The van der Waals surface area contributed by atoms with E-state index in [4.69, 9.17) is 9.47 Å². The van der Waals surface area contributed by atoms with Crippen molar-refractivity contribution in [3.05, 3.63) is 33.8 Å². The Morgan fingerprint density at radius 1 is 1.21 bits per heavy atom. The van der Waals surface area contributed by atoms with E-state index in [1.54, 1.807) is 43.8 Å². The lowest BCUT2D eigenvalue weighted by molar-refractivity contribution is -0.116. The highest BCUT2D eigenvalue weighted by molar-refractivity contribution is 7.11. The highest BCUT2D eigenvalue weighted by atomic mass is 32.1. The first-order chi connectivity index (χ1) is 11.7. The molecule has 0 bridgehead atoms. The Labute approximate surface area is 146 Å². The molecule has 0 spiro atoms. The van der Waals surface area contributed by atoms with Gasteiger partial charge in [0.15, 0.2) is 11.5 Å². The summed E-state index contributed by atoms with van der Waals surface area (Å²) in [6, 6.07) is 5.35. The third-order valence-electron chi connectivity index (χ3n) is 4.12. The van der Waals surface area contributed by atoms with E-state index < -0.39 is 0 Å². The van der Waals surface area contributed by atoms with Crippen LogP contribution in [0.15, 0.2) is 18.2 Å². The minimum atomic E-state index is -0.0182. The van der Waals surface area contributed by atoms with Gasteiger partial charge in [-0.15, -0.1) is 11.3 Å². The summed E-state index contributed by atoms with van der Waals surface area (Å²) in [5.74, 6) is 1.22. The van der Waals surface area contributed by atoms with Gasteiger partial charge < -0.3 is 14.8 Å². The maximum absolute atomic E-state index is 12.2. The van der Waals surface area contributed by atoms with Crippen LogP contribution in [0.2, 0.25) is 0 Å². The SMILES string of the molecule is COc1ccc(NC(=O)CCc2nc3c(s2)CCCC3)cc1OC. The largest absolute Gasteiger partial charge is 0.493 e. The molecule has 2 aromatic rings. The van der Waals surface area contributed by atoms with Gasteiger partial charge in [-0.3, -0.25) is 4.79 Å². The third-order valence-corrected chi connectivity index (χ3v) is 5.34. The van der Waals surface area contributed by atoms with E-state index in [9.17, 15) is 4.79 Å². The fourth-order valence-corrected chi connectivity index (χ4v) is 4.03. The van der Waals surface area contributed by atoms with E-state index in [2.05, 4.69) is 10.3 Å². The first kappa shape index (κ1) is 16.8. The van der Waals surface area contributed by atoms with Crippen molar-refractivity contribution in [1.82, 2.24) is 4.98 Å². The quantitative estimate of drug-likeness (QED) is 0.868. The lowest BCUT2D eigenvalue weighted by Crippen LogP contribution is -2.12. The lowest BCUT2D eigenvalue weighted by Gasteiger charge is -2.10. The fraction of sp³-hybridized carbons (Fsp3) is 0.444. The Hall–Kier alpha value is -2.08. The minimum Gasteiger partial charge on any atom is -0.493 e. The van der Waals surface area contributed by atoms with Crippen LogP contribution in [-0.4, -0.2) is 25.1 Å². The maximum atomic E-state index is 12.2. The molecule has 1 aromatic carbocycles. The Bertz CT molecular complexity index is 704. The molecule has 1 aliphatic carbocycles. The summed E-state index contributed by atoms with van der Waals surface area (Å²) in [5, 5.41) is 3.98. The number of aromatic nitrogens is 1. The van der Waals surface area contributed by atoms with Crippen molar-refractivity contribution in [1.29, 1.82) is 0 Å². The summed E-state index contributed by atoms with van der Waals surface area (Å²) in [7, 11) is 3.16. The van der Waals surface area contributed by atoms with Gasteiger partial charge in [0, 0.05) is 29.5 Å². The molecule has 0 saturated carbocycles. The molecule has 0 saturated heterocycles. The van der Waals surface area contributed by atoms with Crippen molar-refractivity contribution in [2.24, 2.45) is 0 Å². The second-order valence-corrected chi connectivity index (χ2v) is 6.97. The molecule has 0 aliphatic heterocycles. The van der Waals surface area contributed by atoms with Crippen molar-refractivity contribution < 1.29 is 14.3 Å². The highest BCUT2D eigenvalue weighted by Gasteiger charge is 2.15. The number of nitrogens with one attached hydrogen (secondary N) is 1. The molecule has 5 nitrogen and oxygen atoms in total. The summed E-state index contributed by atoms with van der Waals surface area (Å²) in [4.78, 5) is 18.3. The number of hydrogen-bond acceptors (Lipinski definition) is 5. The highest BCUT2D eigenvalue weighted by Crippen LogP contribution is 2.30. The monoisotopic (exact) mass is 346 g/mol. The number of anilines is 1. The normalized spacial score (nSPS) is 13.2. The Kier molecular flexibility index (Phi) is 5.35. The molecule has 0 radical (unpaired) electrons. The average molecular weight is 346 g/mol. The number of rotatable bonds is 6. The average Bonchev–Trinajstić information content (AvgIpc) is 3.03. The molecule has 1 N–H and O–H groups in total. The van der Waals surface area contributed by atoms with E-state index in [1.807, 2.05) is 0 Å². The van der Waals surface area contributed by atoms with Crippen LogP contribution in [0.5, 0.6) is 11.5 Å². The van der Waals surface area contributed by atoms with E-state index in [0.29, 0.717) is 30.0 Å².